The van der Waals surface area contributed by atoms with Crippen LogP contribution in [0.1, 0.15) is 27.2 Å². The van der Waals surface area contributed by atoms with Crippen molar-refractivity contribution in [2.24, 2.45) is 5.92 Å². The van der Waals surface area contributed by atoms with Crippen molar-refractivity contribution in [3.8, 4) is 11.8 Å². The number of hydrogen-bond acceptors (Lipinski definition) is 3. The molecule has 0 aromatic carbocycles. The van der Waals surface area contributed by atoms with Crippen molar-refractivity contribution in [1.29, 1.82) is 0 Å². The number of aliphatic hydroxyl groups is 1. The molecule has 0 saturated carbocycles. The van der Waals surface area contributed by atoms with Crippen LogP contribution < -0.4 is 0 Å². The average Bonchev–Trinajstić information content (AvgIpc) is 2.00. The molecule has 0 heterocycles. The molecule has 0 aromatic heterocycles. The maximum absolute atomic E-state index is 10.7. The lowest BCUT2D eigenvalue weighted by atomic mass is 10.1. The lowest BCUT2D eigenvalue weighted by Crippen LogP contribution is -2.08. The van der Waals surface area contributed by atoms with Crippen molar-refractivity contribution >= 4 is 5.97 Å². The number of hydrogen-bond donors (Lipinski definition) is 1. The van der Waals surface area contributed by atoms with Crippen molar-refractivity contribution in [2.45, 2.75) is 33.3 Å². The molecule has 0 aliphatic rings. The number of ether oxygens (including phenoxy) is 1. The first kappa shape index (κ1) is 12.0. The predicted octanol–water partition coefficient (Wildman–Crippen LogP) is 0.960. The minimum absolute atomic E-state index is 0.313. The molecule has 74 valence electrons. The largest absolute Gasteiger partial charge is 0.456 e. The second kappa shape index (κ2) is 6.50. The van der Waals surface area contributed by atoms with Gasteiger partial charge in [0.2, 0.25) is 0 Å². The van der Waals surface area contributed by atoms with Gasteiger partial charge in [0.05, 0.1) is 6.61 Å². The van der Waals surface area contributed by atoms with Crippen molar-refractivity contribution < 1.29 is 14.6 Å². The molecule has 0 fully saturated rings. The molecule has 0 spiro atoms. The van der Waals surface area contributed by atoms with Crippen LogP contribution in [-0.2, 0) is 9.53 Å². The van der Waals surface area contributed by atoms with E-state index in [4.69, 9.17) is 0 Å². The molecule has 0 rings (SSSR count). The van der Waals surface area contributed by atoms with Crippen LogP contribution in [0.15, 0.2) is 0 Å². The molecule has 0 radical (unpaired) electrons. The molecular weight excluding hydrogens is 168 g/mol. The van der Waals surface area contributed by atoms with Crippen molar-refractivity contribution in [1.82, 2.24) is 0 Å². The Morgan fingerprint density at radius 2 is 2.15 bits per heavy atom. The summed E-state index contributed by atoms with van der Waals surface area (Å²) in [5, 5.41) is 9.26. The Hall–Kier alpha value is -1.01. The summed E-state index contributed by atoms with van der Waals surface area (Å²) in [5.41, 5.74) is 0. The summed E-state index contributed by atoms with van der Waals surface area (Å²) in [5.74, 6) is 4.45. The zero-order chi connectivity index (χ0) is 10.3. The summed E-state index contributed by atoms with van der Waals surface area (Å²) < 4.78 is 4.57. The molecular formula is C10H16O3. The lowest BCUT2D eigenvalue weighted by Gasteiger charge is -2.04. The number of rotatable bonds is 3. The van der Waals surface area contributed by atoms with Crippen molar-refractivity contribution in [3.05, 3.63) is 0 Å². The Kier molecular flexibility index (Phi) is 5.99. The summed E-state index contributed by atoms with van der Waals surface area (Å²) in [6.07, 6.45) is -0.156. The van der Waals surface area contributed by atoms with Gasteiger partial charge in [-0.05, 0) is 19.3 Å². The van der Waals surface area contributed by atoms with E-state index in [9.17, 15) is 9.90 Å². The highest BCUT2D eigenvalue weighted by atomic mass is 16.5. The minimum atomic E-state index is -0.732. The van der Waals surface area contributed by atoms with E-state index in [1.807, 2.05) is 13.8 Å². The van der Waals surface area contributed by atoms with E-state index in [0.29, 0.717) is 18.9 Å². The highest BCUT2D eigenvalue weighted by Gasteiger charge is 2.03. The second-order valence-corrected chi connectivity index (χ2v) is 3.14. The molecule has 3 nitrogen and oxygen atoms in total. The Bertz CT molecular complexity index is 210. The highest BCUT2D eigenvalue weighted by Crippen LogP contribution is 2.02. The van der Waals surface area contributed by atoms with E-state index < -0.39 is 12.1 Å². The van der Waals surface area contributed by atoms with Gasteiger partial charge in [0.25, 0.3) is 0 Å². The van der Waals surface area contributed by atoms with Crippen LogP contribution in [0.25, 0.3) is 0 Å². The number of carbonyl (C=O) groups is 1. The van der Waals surface area contributed by atoms with Gasteiger partial charge in [0.1, 0.15) is 6.10 Å². The summed E-state index contributed by atoms with van der Waals surface area (Å²) in [6.45, 7) is 5.99. The number of carbonyl (C=O) groups excluding carboxylic acids is 1. The van der Waals surface area contributed by atoms with Gasteiger partial charge in [-0.3, -0.25) is 0 Å². The first-order chi connectivity index (χ1) is 6.06. The molecule has 0 amide bonds. The van der Waals surface area contributed by atoms with E-state index in [2.05, 4.69) is 16.6 Å². The average molecular weight is 184 g/mol. The van der Waals surface area contributed by atoms with Gasteiger partial charge in [0.15, 0.2) is 0 Å². The predicted molar refractivity (Wildman–Crippen MR) is 49.9 cm³/mol. The van der Waals surface area contributed by atoms with E-state index in [0.717, 1.165) is 0 Å². The Balaban J connectivity index is 3.87. The van der Waals surface area contributed by atoms with Crippen LogP contribution in [0.3, 0.4) is 0 Å². The molecule has 0 saturated heterocycles. The molecule has 0 bridgehead atoms. The second-order valence-electron chi connectivity index (χ2n) is 3.14. The first-order valence-electron chi connectivity index (χ1n) is 4.42. The summed E-state index contributed by atoms with van der Waals surface area (Å²) in [4.78, 5) is 10.7. The quantitative estimate of drug-likeness (QED) is 0.403. The Labute approximate surface area is 79.1 Å². The van der Waals surface area contributed by atoms with Gasteiger partial charge >= 0.3 is 5.97 Å². The smallest absolute Gasteiger partial charge is 0.384 e. The number of aliphatic hydroxyl groups excluding tert-OH is 1. The summed E-state index contributed by atoms with van der Waals surface area (Å²) in [6, 6.07) is 0. The topological polar surface area (TPSA) is 46.5 Å². The van der Waals surface area contributed by atoms with E-state index in [1.54, 1.807) is 6.92 Å². The molecule has 13 heavy (non-hydrogen) atoms. The molecule has 0 unspecified atom stereocenters. The van der Waals surface area contributed by atoms with Crippen LogP contribution >= 0.6 is 0 Å². The van der Waals surface area contributed by atoms with Crippen LogP contribution in [0.4, 0.5) is 0 Å². The monoisotopic (exact) mass is 184 g/mol. The van der Waals surface area contributed by atoms with Gasteiger partial charge in [0, 0.05) is 5.92 Å². The van der Waals surface area contributed by atoms with Crippen LogP contribution in [0.5, 0.6) is 0 Å². The van der Waals surface area contributed by atoms with Crippen LogP contribution in [-0.4, -0.2) is 23.8 Å². The van der Waals surface area contributed by atoms with E-state index >= 15 is 0 Å². The fourth-order valence-corrected chi connectivity index (χ4v) is 0.815. The van der Waals surface area contributed by atoms with Crippen LogP contribution in [0, 0.1) is 17.8 Å². The van der Waals surface area contributed by atoms with Gasteiger partial charge in [-0.25, -0.2) is 4.79 Å². The zero-order valence-corrected chi connectivity index (χ0v) is 8.33. The lowest BCUT2D eigenvalue weighted by molar-refractivity contribution is -0.136. The third-order valence-corrected chi connectivity index (χ3v) is 1.31. The summed E-state index contributed by atoms with van der Waals surface area (Å²) in [7, 11) is 0. The van der Waals surface area contributed by atoms with Crippen molar-refractivity contribution in [3.63, 3.8) is 0 Å². The fourth-order valence-electron chi connectivity index (χ4n) is 0.815. The van der Waals surface area contributed by atoms with E-state index in [-0.39, 0.29) is 0 Å². The van der Waals surface area contributed by atoms with E-state index in [1.165, 1.54) is 0 Å². The third-order valence-electron chi connectivity index (χ3n) is 1.31. The normalized spacial score (nSPS) is 11.8. The Morgan fingerprint density at radius 3 is 2.62 bits per heavy atom. The Morgan fingerprint density at radius 1 is 1.54 bits per heavy atom. The fraction of sp³-hybridized carbons (Fsp3) is 0.700. The van der Waals surface area contributed by atoms with Gasteiger partial charge in [-0.2, -0.15) is 0 Å². The highest BCUT2D eigenvalue weighted by molar-refractivity contribution is 5.88. The van der Waals surface area contributed by atoms with Gasteiger partial charge in [-0.1, -0.05) is 19.8 Å². The molecule has 0 aliphatic heterocycles. The van der Waals surface area contributed by atoms with Gasteiger partial charge in [-0.15, -0.1) is 0 Å². The SMILES string of the molecule is CCOC(=O)C#C[C@H](O)CC(C)C. The number of esters is 1. The molecule has 0 aromatic rings. The maximum atomic E-state index is 10.7. The van der Waals surface area contributed by atoms with Crippen LogP contribution in [0.2, 0.25) is 0 Å². The standard InChI is InChI=1S/C10H16O3/c1-4-13-10(12)6-5-9(11)7-8(2)3/h8-9,11H,4,7H2,1-3H3/t9-/m0/s1. The zero-order valence-electron chi connectivity index (χ0n) is 8.33. The van der Waals surface area contributed by atoms with Crippen molar-refractivity contribution in [2.75, 3.05) is 6.61 Å². The first-order valence-corrected chi connectivity index (χ1v) is 4.42. The molecule has 0 aliphatic carbocycles. The minimum Gasteiger partial charge on any atom is -0.456 e. The van der Waals surface area contributed by atoms with Gasteiger partial charge < -0.3 is 9.84 Å². The molecule has 3 heteroatoms. The maximum Gasteiger partial charge on any atom is 0.384 e. The summed E-state index contributed by atoms with van der Waals surface area (Å²) >= 11 is 0. The third kappa shape index (κ3) is 7.35. The molecule has 1 atom stereocenters. The molecule has 1 N–H and O–H groups in total.